The Labute approximate surface area is 185 Å². The molecule has 0 aliphatic heterocycles. The van der Waals surface area contributed by atoms with E-state index in [1.165, 1.54) is 0 Å². The van der Waals surface area contributed by atoms with Gasteiger partial charge in [0.2, 0.25) is 15.9 Å². The number of hydrogen-bond acceptors (Lipinski definition) is 5. The number of hydrogen-bond donors (Lipinski definition) is 2. The topological polar surface area (TPSA) is 93.7 Å². The van der Waals surface area contributed by atoms with Gasteiger partial charge in [0, 0.05) is 13.0 Å². The van der Waals surface area contributed by atoms with Crippen molar-refractivity contribution in [1.29, 1.82) is 0 Å². The molecule has 1 amide bonds. The molecule has 0 aromatic heterocycles. The molecule has 2 aromatic carbocycles. The zero-order valence-corrected chi connectivity index (χ0v) is 19.8. The van der Waals surface area contributed by atoms with Crippen molar-refractivity contribution >= 4 is 15.9 Å². The van der Waals surface area contributed by atoms with Crippen LogP contribution in [0.2, 0.25) is 0 Å². The number of methoxy groups -OCH3 is 1. The van der Waals surface area contributed by atoms with Crippen molar-refractivity contribution < 1.29 is 22.7 Å². The highest BCUT2D eigenvalue weighted by Crippen LogP contribution is 2.31. The Morgan fingerprint density at radius 3 is 2.39 bits per heavy atom. The molecular formula is C23H32N2O5S. The number of nitrogens with one attached hydrogen (secondary N) is 2. The number of sulfonamides is 1. The third kappa shape index (κ3) is 6.97. The molecule has 2 aromatic rings. The Bertz CT molecular complexity index is 1020. The lowest BCUT2D eigenvalue weighted by Crippen LogP contribution is -2.32. The molecular weight excluding hydrogens is 416 g/mol. The molecule has 0 aliphatic carbocycles. The smallest absolute Gasteiger partial charge is 0.240 e. The van der Waals surface area contributed by atoms with Crippen LogP contribution in [-0.2, 0) is 14.8 Å². The molecule has 0 saturated carbocycles. The van der Waals surface area contributed by atoms with Gasteiger partial charge in [0.05, 0.1) is 24.2 Å². The van der Waals surface area contributed by atoms with Crippen molar-refractivity contribution in [1.82, 2.24) is 10.0 Å². The lowest BCUT2D eigenvalue weighted by atomic mass is 10.1. The van der Waals surface area contributed by atoms with Crippen molar-refractivity contribution in [2.24, 2.45) is 0 Å². The van der Waals surface area contributed by atoms with E-state index in [0.717, 1.165) is 11.1 Å². The van der Waals surface area contributed by atoms with Crippen LogP contribution in [0.4, 0.5) is 0 Å². The van der Waals surface area contributed by atoms with Gasteiger partial charge < -0.3 is 14.8 Å². The predicted molar refractivity (Wildman–Crippen MR) is 121 cm³/mol. The molecule has 1 atom stereocenters. The SMILES string of the molecule is COc1cc(C(C)NC(=O)CCNS(=O)(=O)c2cc(C)ccc2C)ccc1OC(C)C. The number of carbonyl (C=O) groups excluding carboxylic acids is 1. The Balaban J connectivity index is 1.94. The average molecular weight is 449 g/mol. The Morgan fingerprint density at radius 2 is 1.74 bits per heavy atom. The molecule has 0 heterocycles. The van der Waals surface area contributed by atoms with E-state index in [1.54, 1.807) is 26.2 Å². The summed E-state index contributed by atoms with van der Waals surface area (Å²) in [5.74, 6) is 0.979. The Morgan fingerprint density at radius 1 is 1.03 bits per heavy atom. The largest absolute Gasteiger partial charge is 0.493 e. The monoisotopic (exact) mass is 448 g/mol. The first-order valence-electron chi connectivity index (χ1n) is 10.2. The summed E-state index contributed by atoms with van der Waals surface area (Å²) in [6.07, 6.45) is 0.0457. The summed E-state index contributed by atoms with van der Waals surface area (Å²) in [4.78, 5) is 12.6. The molecule has 0 bridgehead atoms. The zero-order valence-electron chi connectivity index (χ0n) is 19.0. The van der Waals surface area contributed by atoms with Crippen LogP contribution >= 0.6 is 0 Å². The number of rotatable bonds is 10. The summed E-state index contributed by atoms with van der Waals surface area (Å²) in [7, 11) is -2.11. The normalized spacial score (nSPS) is 12.5. The highest BCUT2D eigenvalue weighted by atomic mass is 32.2. The van der Waals surface area contributed by atoms with E-state index in [-0.39, 0.29) is 35.9 Å². The van der Waals surface area contributed by atoms with Crippen LogP contribution in [0.5, 0.6) is 11.5 Å². The summed E-state index contributed by atoms with van der Waals surface area (Å²) in [5.41, 5.74) is 2.38. The number of amides is 1. The summed E-state index contributed by atoms with van der Waals surface area (Å²) in [6, 6.07) is 10.5. The van der Waals surface area contributed by atoms with Gasteiger partial charge in [-0.1, -0.05) is 18.2 Å². The average Bonchev–Trinajstić information content (AvgIpc) is 2.69. The third-order valence-electron chi connectivity index (χ3n) is 4.71. The molecule has 0 aliphatic rings. The fourth-order valence-corrected chi connectivity index (χ4v) is 4.43. The van der Waals surface area contributed by atoms with Gasteiger partial charge in [-0.25, -0.2) is 13.1 Å². The van der Waals surface area contributed by atoms with Crippen LogP contribution in [-0.4, -0.2) is 34.1 Å². The maximum absolute atomic E-state index is 12.5. The summed E-state index contributed by atoms with van der Waals surface area (Å²) < 4.78 is 38.7. The third-order valence-corrected chi connectivity index (χ3v) is 6.31. The first-order valence-corrected chi connectivity index (χ1v) is 11.7. The fourth-order valence-electron chi connectivity index (χ4n) is 3.08. The van der Waals surface area contributed by atoms with Crippen LogP contribution in [0, 0.1) is 13.8 Å². The van der Waals surface area contributed by atoms with Gasteiger partial charge in [-0.3, -0.25) is 4.79 Å². The van der Waals surface area contributed by atoms with E-state index in [4.69, 9.17) is 9.47 Å². The molecule has 0 spiro atoms. The Hall–Kier alpha value is -2.58. The van der Waals surface area contributed by atoms with Gasteiger partial charge >= 0.3 is 0 Å². The second-order valence-electron chi connectivity index (χ2n) is 7.78. The summed E-state index contributed by atoms with van der Waals surface area (Å²) >= 11 is 0. The number of ether oxygens (including phenoxy) is 2. The highest BCUT2D eigenvalue weighted by molar-refractivity contribution is 7.89. The maximum Gasteiger partial charge on any atom is 0.240 e. The zero-order chi connectivity index (χ0) is 23.2. The second kappa shape index (κ2) is 10.6. The standard InChI is InChI=1S/C23H32N2O5S/c1-15(2)30-20-10-9-19(14-21(20)29-6)18(5)25-23(26)11-12-24-31(27,28)22-13-16(3)7-8-17(22)4/h7-10,13-15,18,24H,11-12H2,1-6H3,(H,25,26). The number of aryl methyl sites for hydroxylation is 2. The Kier molecular flexibility index (Phi) is 8.47. The minimum atomic E-state index is -3.67. The predicted octanol–water partition coefficient (Wildman–Crippen LogP) is 3.65. The van der Waals surface area contributed by atoms with Gasteiger partial charge in [0.15, 0.2) is 11.5 Å². The molecule has 2 N–H and O–H groups in total. The minimum Gasteiger partial charge on any atom is -0.493 e. The van der Waals surface area contributed by atoms with Crippen molar-refractivity contribution in [2.75, 3.05) is 13.7 Å². The van der Waals surface area contributed by atoms with E-state index < -0.39 is 10.0 Å². The van der Waals surface area contributed by atoms with Gasteiger partial charge in [0.1, 0.15) is 0 Å². The maximum atomic E-state index is 12.5. The molecule has 31 heavy (non-hydrogen) atoms. The molecule has 0 radical (unpaired) electrons. The van der Waals surface area contributed by atoms with E-state index in [0.29, 0.717) is 17.1 Å². The van der Waals surface area contributed by atoms with Gasteiger partial charge in [0.25, 0.3) is 0 Å². The molecule has 1 unspecified atom stereocenters. The molecule has 2 rings (SSSR count). The van der Waals surface area contributed by atoms with Gasteiger partial charge in [-0.05, 0) is 69.5 Å². The highest BCUT2D eigenvalue weighted by Gasteiger charge is 2.18. The fraction of sp³-hybridized carbons (Fsp3) is 0.435. The van der Waals surface area contributed by atoms with E-state index in [1.807, 2.05) is 52.0 Å². The van der Waals surface area contributed by atoms with Crippen LogP contribution in [0.1, 0.15) is 49.9 Å². The van der Waals surface area contributed by atoms with Crippen LogP contribution in [0.3, 0.4) is 0 Å². The van der Waals surface area contributed by atoms with E-state index in [9.17, 15) is 13.2 Å². The van der Waals surface area contributed by atoms with Crippen molar-refractivity contribution in [2.45, 2.75) is 58.1 Å². The van der Waals surface area contributed by atoms with Crippen molar-refractivity contribution in [3.8, 4) is 11.5 Å². The van der Waals surface area contributed by atoms with Crippen molar-refractivity contribution in [3.05, 3.63) is 53.1 Å². The molecule has 170 valence electrons. The lowest BCUT2D eigenvalue weighted by molar-refractivity contribution is -0.121. The first-order chi connectivity index (χ1) is 14.5. The molecule has 8 heteroatoms. The van der Waals surface area contributed by atoms with Crippen LogP contribution < -0.4 is 19.5 Å². The lowest BCUT2D eigenvalue weighted by Gasteiger charge is -2.18. The molecule has 0 fully saturated rings. The van der Waals surface area contributed by atoms with Crippen LogP contribution in [0.25, 0.3) is 0 Å². The summed E-state index contributed by atoms with van der Waals surface area (Å²) in [6.45, 7) is 9.32. The van der Waals surface area contributed by atoms with E-state index >= 15 is 0 Å². The van der Waals surface area contributed by atoms with Gasteiger partial charge in [-0.15, -0.1) is 0 Å². The van der Waals surface area contributed by atoms with E-state index in [2.05, 4.69) is 10.0 Å². The molecule has 7 nitrogen and oxygen atoms in total. The van der Waals surface area contributed by atoms with Crippen LogP contribution in [0.15, 0.2) is 41.3 Å². The summed E-state index contributed by atoms with van der Waals surface area (Å²) in [5, 5.41) is 2.88. The van der Waals surface area contributed by atoms with Gasteiger partial charge in [-0.2, -0.15) is 0 Å². The first kappa shape index (κ1) is 24.7. The second-order valence-corrected chi connectivity index (χ2v) is 9.52. The number of carbonyl (C=O) groups is 1. The quantitative estimate of drug-likeness (QED) is 0.579. The number of benzene rings is 2. The molecule has 0 saturated heterocycles. The van der Waals surface area contributed by atoms with Crippen molar-refractivity contribution in [3.63, 3.8) is 0 Å². The minimum absolute atomic E-state index is 0.0127.